The second kappa shape index (κ2) is 45.1. The van der Waals surface area contributed by atoms with Crippen molar-refractivity contribution in [3.63, 3.8) is 0 Å². The van der Waals surface area contributed by atoms with E-state index in [1.54, 1.807) is 0 Å². The molecule has 0 radical (unpaired) electrons. The third-order valence-corrected chi connectivity index (χ3v) is 12.6. The van der Waals surface area contributed by atoms with Crippen molar-refractivity contribution < 1.29 is 69.0 Å². The van der Waals surface area contributed by atoms with Crippen LogP contribution in [0.2, 0.25) is 0 Å². The molecule has 2 aliphatic rings. The molecule has 11 atom stereocenters. The molecule has 0 aliphatic carbocycles. The zero-order chi connectivity index (χ0) is 53.0. The molecule has 0 bridgehead atoms. The van der Waals surface area contributed by atoms with Gasteiger partial charge in [-0.2, -0.15) is 0 Å². The topological polar surface area (TPSA) is 214 Å². The van der Waals surface area contributed by atoms with Gasteiger partial charge in [0.25, 0.3) is 0 Å². The summed E-state index contributed by atoms with van der Waals surface area (Å²) in [6.45, 7) is 3.39. The number of ether oxygens (including phenoxy) is 6. The highest BCUT2D eigenvalue weighted by Crippen LogP contribution is 2.26. The molecule has 11 unspecified atom stereocenters. The lowest BCUT2D eigenvalue weighted by atomic mass is 9.98. The Morgan fingerprint density at radius 1 is 0.452 bits per heavy atom. The number of esters is 1. The number of carbonyl (C=O) groups excluding carboxylic acids is 1. The molecule has 418 valence electrons. The Bertz CT molecular complexity index is 1570. The van der Waals surface area contributed by atoms with E-state index in [-0.39, 0.29) is 19.6 Å². The summed E-state index contributed by atoms with van der Waals surface area (Å²) >= 11 is 0. The highest BCUT2D eigenvalue weighted by atomic mass is 16.7. The van der Waals surface area contributed by atoms with Crippen LogP contribution in [-0.2, 0) is 33.2 Å². The normalized spacial score (nSPS) is 25.7. The van der Waals surface area contributed by atoms with Crippen LogP contribution in [0.1, 0.15) is 168 Å². The third kappa shape index (κ3) is 32.2. The molecule has 14 nitrogen and oxygen atoms in total. The monoisotopic (exact) mass is 1030 g/mol. The Balaban J connectivity index is 1.75. The summed E-state index contributed by atoms with van der Waals surface area (Å²) in [5.74, 6) is -0.396. The summed E-state index contributed by atoms with van der Waals surface area (Å²) in [4.78, 5) is 13.1. The molecule has 2 fully saturated rings. The molecule has 7 N–H and O–H groups in total. The number of hydrogen-bond acceptors (Lipinski definition) is 14. The highest BCUT2D eigenvalue weighted by molar-refractivity contribution is 5.69. The largest absolute Gasteiger partial charge is 0.457 e. The van der Waals surface area contributed by atoms with Crippen LogP contribution in [0.4, 0.5) is 0 Å². The van der Waals surface area contributed by atoms with E-state index >= 15 is 0 Å². The number of allylic oxidation sites excluding steroid dienone is 16. The SMILES string of the molecule is CC/C=C\C/C=C\C/C=C\C/C=C\CCCCCCCCCCC(=O)OC(COCCCCCCC/C=C\C/C=C\C/C=C\C/C=C\CC)COC1OC(COC2OC(CO)C(O)C(O)C2O)C(O)C(O)C1O. The molecular weight excluding hydrogens is 933 g/mol. The van der Waals surface area contributed by atoms with E-state index in [4.69, 9.17) is 28.4 Å². The molecule has 14 heteroatoms. The quantitative estimate of drug-likeness (QED) is 0.0172. The zero-order valence-corrected chi connectivity index (χ0v) is 44.6. The molecule has 0 saturated carbocycles. The van der Waals surface area contributed by atoms with Gasteiger partial charge in [0.1, 0.15) is 54.9 Å². The first kappa shape index (κ1) is 66.0. The summed E-state index contributed by atoms with van der Waals surface area (Å²) in [6.07, 6.45) is 43.2. The Labute approximate surface area is 439 Å². The maximum Gasteiger partial charge on any atom is 0.306 e. The van der Waals surface area contributed by atoms with Crippen LogP contribution in [0.25, 0.3) is 0 Å². The lowest BCUT2D eigenvalue weighted by Crippen LogP contribution is -2.61. The van der Waals surface area contributed by atoms with Gasteiger partial charge in [-0.25, -0.2) is 0 Å². The molecular formula is C59H98O14. The first-order chi connectivity index (χ1) is 35.6. The van der Waals surface area contributed by atoms with Crippen LogP contribution in [0, 0.1) is 0 Å². The van der Waals surface area contributed by atoms with Crippen LogP contribution in [0.3, 0.4) is 0 Å². The van der Waals surface area contributed by atoms with Crippen molar-refractivity contribution in [2.75, 3.05) is 33.0 Å². The van der Waals surface area contributed by atoms with Crippen LogP contribution in [0.15, 0.2) is 97.2 Å². The number of aliphatic hydroxyl groups is 7. The Kier molecular flexibility index (Phi) is 40.8. The third-order valence-electron chi connectivity index (χ3n) is 12.6. The minimum Gasteiger partial charge on any atom is -0.457 e. The van der Waals surface area contributed by atoms with E-state index in [0.29, 0.717) is 13.0 Å². The average molecular weight is 1030 g/mol. The number of hydrogen-bond donors (Lipinski definition) is 7. The Morgan fingerprint density at radius 3 is 1.33 bits per heavy atom. The summed E-state index contributed by atoms with van der Waals surface area (Å²) in [6, 6.07) is 0. The van der Waals surface area contributed by atoms with E-state index in [0.717, 1.165) is 116 Å². The predicted octanol–water partition coefficient (Wildman–Crippen LogP) is 9.41. The van der Waals surface area contributed by atoms with Crippen molar-refractivity contribution in [2.24, 2.45) is 0 Å². The number of rotatable bonds is 43. The van der Waals surface area contributed by atoms with Crippen molar-refractivity contribution in [1.82, 2.24) is 0 Å². The molecule has 0 aromatic heterocycles. The molecule has 0 aromatic rings. The lowest BCUT2D eigenvalue weighted by Gasteiger charge is -2.42. The molecule has 2 heterocycles. The summed E-state index contributed by atoms with van der Waals surface area (Å²) in [5, 5.41) is 72.3. The van der Waals surface area contributed by atoms with E-state index < -0.39 is 86.7 Å². The zero-order valence-electron chi connectivity index (χ0n) is 44.6. The van der Waals surface area contributed by atoms with Crippen molar-refractivity contribution in [3.8, 4) is 0 Å². The van der Waals surface area contributed by atoms with Gasteiger partial charge in [0.2, 0.25) is 0 Å². The van der Waals surface area contributed by atoms with Gasteiger partial charge in [-0.05, 0) is 89.9 Å². The van der Waals surface area contributed by atoms with Crippen molar-refractivity contribution >= 4 is 5.97 Å². The second-order valence-corrected chi connectivity index (χ2v) is 19.0. The number of unbranched alkanes of at least 4 members (excludes halogenated alkanes) is 13. The van der Waals surface area contributed by atoms with E-state index in [1.807, 2.05) is 0 Å². The average Bonchev–Trinajstić information content (AvgIpc) is 3.39. The molecule has 0 spiro atoms. The minimum absolute atomic E-state index is 0.0392. The highest BCUT2D eigenvalue weighted by Gasteiger charge is 2.47. The van der Waals surface area contributed by atoms with E-state index in [1.165, 1.54) is 25.7 Å². The van der Waals surface area contributed by atoms with Gasteiger partial charge in [0, 0.05) is 13.0 Å². The standard InChI is InChI=1S/C59H98O14/c1-3-5-7-9-11-13-15-17-19-21-23-24-25-26-28-30-32-34-36-38-40-42-51(61)71-48(45-68-43-41-39-37-35-33-31-29-27-22-20-18-16-14-12-10-8-6-4-2)46-69-58-57(67)55(65)53(63)50(73-58)47-70-59-56(66)54(64)52(62)49(44-60)72-59/h5-8,11-14,17-20,23-24,27,29,48-50,52-60,62-67H,3-4,9-10,15-16,21-22,25-26,28,30-47H2,1-2H3/b7-5-,8-6-,13-11-,14-12-,19-17-,20-18-,24-23-,29-27-. The Morgan fingerprint density at radius 2 is 0.849 bits per heavy atom. The summed E-state index contributed by atoms with van der Waals surface area (Å²) in [5.41, 5.74) is 0. The first-order valence-electron chi connectivity index (χ1n) is 27.8. The second-order valence-electron chi connectivity index (χ2n) is 19.0. The summed E-state index contributed by atoms with van der Waals surface area (Å²) < 4.78 is 34.3. The van der Waals surface area contributed by atoms with E-state index in [9.17, 15) is 40.5 Å². The van der Waals surface area contributed by atoms with Gasteiger partial charge in [-0.15, -0.1) is 0 Å². The smallest absolute Gasteiger partial charge is 0.306 e. The fourth-order valence-electron chi connectivity index (χ4n) is 8.15. The lowest BCUT2D eigenvalue weighted by molar-refractivity contribution is -0.332. The van der Waals surface area contributed by atoms with Gasteiger partial charge < -0.3 is 64.2 Å². The minimum atomic E-state index is -1.72. The molecule has 2 aliphatic heterocycles. The maximum absolute atomic E-state index is 13.1. The van der Waals surface area contributed by atoms with Gasteiger partial charge in [-0.1, -0.05) is 169 Å². The molecule has 2 saturated heterocycles. The Hall–Kier alpha value is -3.09. The van der Waals surface area contributed by atoms with Crippen molar-refractivity contribution in [3.05, 3.63) is 97.2 Å². The molecule has 73 heavy (non-hydrogen) atoms. The van der Waals surface area contributed by atoms with Gasteiger partial charge in [0.05, 0.1) is 26.4 Å². The van der Waals surface area contributed by atoms with Gasteiger partial charge >= 0.3 is 5.97 Å². The fourth-order valence-corrected chi connectivity index (χ4v) is 8.15. The van der Waals surface area contributed by atoms with Crippen LogP contribution in [-0.4, -0.2) is 142 Å². The molecule has 0 aromatic carbocycles. The fraction of sp³-hybridized carbons (Fsp3) is 0.712. The molecule has 0 amide bonds. The summed E-state index contributed by atoms with van der Waals surface area (Å²) in [7, 11) is 0. The van der Waals surface area contributed by atoms with Gasteiger partial charge in [0.15, 0.2) is 12.6 Å². The van der Waals surface area contributed by atoms with Crippen LogP contribution >= 0.6 is 0 Å². The van der Waals surface area contributed by atoms with E-state index in [2.05, 4.69) is 111 Å². The van der Waals surface area contributed by atoms with Crippen molar-refractivity contribution in [2.45, 2.75) is 235 Å². The molecule has 2 rings (SSSR count). The maximum atomic E-state index is 13.1. The predicted molar refractivity (Wildman–Crippen MR) is 288 cm³/mol. The van der Waals surface area contributed by atoms with Gasteiger partial charge in [-0.3, -0.25) is 4.79 Å². The number of aliphatic hydroxyl groups excluding tert-OH is 7. The van der Waals surface area contributed by atoms with Crippen LogP contribution in [0.5, 0.6) is 0 Å². The first-order valence-corrected chi connectivity index (χ1v) is 27.8. The number of carbonyl (C=O) groups is 1. The van der Waals surface area contributed by atoms with Crippen LogP contribution < -0.4 is 0 Å². The van der Waals surface area contributed by atoms with Crippen molar-refractivity contribution in [1.29, 1.82) is 0 Å².